The van der Waals surface area contributed by atoms with E-state index in [1.807, 2.05) is 0 Å². The van der Waals surface area contributed by atoms with Crippen molar-refractivity contribution in [2.24, 2.45) is 5.92 Å². The highest BCUT2D eigenvalue weighted by Gasteiger charge is 2.29. The SMILES string of the molecule is Cc1cc(S(=O)(=O)N2CCC(CO)CC2)cnc1Cl. The molecule has 5 nitrogen and oxygen atoms in total. The number of hydrogen-bond donors (Lipinski definition) is 1. The molecule has 1 aromatic heterocycles. The van der Waals surface area contributed by atoms with E-state index in [1.54, 1.807) is 13.0 Å². The number of aromatic nitrogens is 1. The molecular formula is C12H17ClN2O3S. The molecule has 1 aliphatic heterocycles. The summed E-state index contributed by atoms with van der Waals surface area (Å²) < 4.78 is 26.3. The number of piperidine rings is 1. The minimum absolute atomic E-state index is 0.121. The molecule has 1 saturated heterocycles. The van der Waals surface area contributed by atoms with Gasteiger partial charge in [0.05, 0.1) is 0 Å². The first-order valence-corrected chi connectivity index (χ1v) is 8.00. The maximum absolute atomic E-state index is 12.4. The van der Waals surface area contributed by atoms with Crippen LogP contribution in [0.2, 0.25) is 5.15 Å². The van der Waals surface area contributed by atoms with Crippen molar-refractivity contribution < 1.29 is 13.5 Å². The van der Waals surface area contributed by atoms with Crippen molar-refractivity contribution >= 4 is 21.6 Å². The van der Waals surface area contributed by atoms with Gasteiger partial charge in [-0.05, 0) is 37.3 Å². The first-order chi connectivity index (χ1) is 8.95. The fourth-order valence-corrected chi connectivity index (χ4v) is 3.76. The predicted molar refractivity (Wildman–Crippen MR) is 72.6 cm³/mol. The Kier molecular flexibility index (Phi) is 4.45. The number of rotatable bonds is 3. The van der Waals surface area contributed by atoms with Crippen LogP contribution in [0.25, 0.3) is 0 Å². The molecule has 7 heteroatoms. The zero-order valence-corrected chi connectivity index (χ0v) is 12.3. The van der Waals surface area contributed by atoms with Gasteiger partial charge < -0.3 is 5.11 Å². The van der Waals surface area contributed by atoms with Gasteiger partial charge >= 0.3 is 0 Å². The third-order valence-corrected chi connectivity index (χ3v) is 5.72. The minimum atomic E-state index is -3.50. The molecule has 0 saturated carbocycles. The van der Waals surface area contributed by atoms with E-state index in [1.165, 1.54) is 10.5 Å². The Morgan fingerprint density at radius 2 is 2.11 bits per heavy atom. The molecule has 0 radical (unpaired) electrons. The predicted octanol–water partition coefficient (Wildman–Crippen LogP) is 1.44. The van der Waals surface area contributed by atoms with Crippen molar-refractivity contribution in [2.75, 3.05) is 19.7 Å². The smallest absolute Gasteiger partial charge is 0.244 e. The first-order valence-electron chi connectivity index (χ1n) is 6.18. The van der Waals surface area contributed by atoms with E-state index in [0.29, 0.717) is 36.6 Å². The summed E-state index contributed by atoms with van der Waals surface area (Å²) in [5, 5.41) is 9.39. The number of aryl methyl sites for hydroxylation is 1. The number of nitrogens with zero attached hydrogens (tertiary/aromatic N) is 2. The summed E-state index contributed by atoms with van der Waals surface area (Å²) >= 11 is 5.81. The summed E-state index contributed by atoms with van der Waals surface area (Å²) in [5.41, 5.74) is 0.646. The second-order valence-corrected chi connectivity index (χ2v) is 7.10. The number of aliphatic hydroxyl groups is 1. The van der Waals surface area contributed by atoms with Crippen molar-refractivity contribution in [1.82, 2.24) is 9.29 Å². The highest BCUT2D eigenvalue weighted by Crippen LogP contribution is 2.24. The van der Waals surface area contributed by atoms with Gasteiger partial charge in [-0.3, -0.25) is 0 Å². The topological polar surface area (TPSA) is 70.5 Å². The number of aliphatic hydroxyl groups excluding tert-OH is 1. The first kappa shape index (κ1) is 14.7. The van der Waals surface area contributed by atoms with Gasteiger partial charge in [-0.2, -0.15) is 4.31 Å². The van der Waals surface area contributed by atoms with E-state index < -0.39 is 10.0 Å². The van der Waals surface area contributed by atoms with E-state index in [4.69, 9.17) is 16.7 Å². The summed E-state index contributed by atoms with van der Waals surface area (Å²) in [4.78, 5) is 4.07. The van der Waals surface area contributed by atoms with Crippen LogP contribution in [0.15, 0.2) is 17.2 Å². The van der Waals surface area contributed by atoms with Gasteiger partial charge in [0.2, 0.25) is 10.0 Å². The van der Waals surface area contributed by atoms with Crippen molar-refractivity contribution in [2.45, 2.75) is 24.7 Å². The lowest BCUT2D eigenvalue weighted by Gasteiger charge is -2.30. The van der Waals surface area contributed by atoms with E-state index >= 15 is 0 Å². The Morgan fingerprint density at radius 1 is 1.47 bits per heavy atom. The molecule has 1 aromatic rings. The van der Waals surface area contributed by atoms with Crippen molar-refractivity contribution in [3.8, 4) is 0 Å². The fraction of sp³-hybridized carbons (Fsp3) is 0.583. The van der Waals surface area contributed by atoms with Gasteiger partial charge in [0, 0.05) is 25.9 Å². The average Bonchev–Trinajstić information content (AvgIpc) is 2.41. The van der Waals surface area contributed by atoms with Crippen LogP contribution in [0.3, 0.4) is 0 Å². The lowest BCUT2D eigenvalue weighted by atomic mass is 10.00. The van der Waals surface area contributed by atoms with Gasteiger partial charge in [0.1, 0.15) is 10.0 Å². The van der Waals surface area contributed by atoms with Gasteiger partial charge in [0.25, 0.3) is 0 Å². The molecular weight excluding hydrogens is 288 g/mol. The molecule has 0 spiro atoms. The molecule has 0 unspecified atom stereocenters. The Hall–Kier alpha value is -0.690. The lowest BCUT2D eigenvalue weighted by molar-refractivity contribution is 0.170. The molecule has 0 bridgehead atoms. The number of pyridine rings is 1. The van der Waals surface area contributed by atoms with Crippen molar-refractivity contribution in [3.63, 3.8) is 0 Å². The molecule has 1 N–H and O–H groups in total. The Labute approximate surface area is 118 Å². The Balaban J connectivity index is 2.21. The lowest BCUT2D eigenvalue weighted by Crippen LogP contribution is -2.39. The van der Waals surface area contributed by atoms with Crippen LogP contribution >= 0.6 is 11.6 Å². The summed E-state index contributed by atoms with van der Waals surface area (Å²) in [6.45, 7) is 2.73. The van der Waals surface area contributed by atoms with Gasteiger partial charge in [-0.15, -0.1) is 0 Å². The Bertz CT molecular complexity index is 554. The quantitative estimate of drug-likeness (QED) is 0.858. The Morgan fingerprint density at radius 3 is 2.63 bits per heavy atom. The third kappa shape index (κ3) is 3.08. The van der Waals surface area contributed by atoms with Crippen LogP contribution in [-0.4, -0.2) is 42.5 Å². The maximum atomic E-state index is 12.4. The second kappa shape index (κ2) is 5.75. The van der Waals surface area contributed by atoms with Crippen molar-refractivity contribution in [3.05, 3.63) is 23.0 Å². The van der Waals surface area contributed by atoms with Gasteiger partial charge in [-0.1, -0.05) is 11.6 Å². The maximum Gasteiger partial charge on any atom is 0.244 e. The van der Waals surface area contributed by atoms with Crippen LogP contribution < -0.4 is 0 Å². The number of sulfonamides is 1. The monoisotopic (exact) mass is 304 g/mol. The van der Waals surface area contributed by atoms with E-state index in [9.17, 15) is 8.42 Å². The number of hydrogen-bond acceptors (Lipinski definition) is 4. The van der Waals surface area contributed by atoms with Gasteiger partial charge in [-0.25, -0.2) is 13.4 Å². The zero-order valence-electron chi connectivity index (χ0n) is 10.7. The second-order valence-electron chi connectivity index (χ2n) is 4.81. The van der Waals surface area contributed by atoms with Crippen molar-refractivity contribution in [1.29, 1.82) is 0 Å². The molecule has 2 rings (SSSR count). The third-order valence-electron chi connectivity index (χ3n) is 3.46. The van der Waals surface area contributed by atoms with E-state index in [-0.39, 0.29) is 17.4 Å². The fourth-order valence-electron chi connectivity index (χ4n) is 2.15. The van der Waals surface area contributed by atoms with Crippen LogP contribution in [0, 0.1) is 12.8 Å². The molecule has 106 valence electrons. The van der Waals surface area contributed by atoms with Crippen LogP contribution in [0.5, 0.6) is 0 Å². The summed E-state index contributed by atoms with van der Waals surface area (Å²) in [7, 11) is -3.50. The molecule has 0 atom stereocenters. The minimum Gasteiger partial charge on any atom is -0.396 e. The van der Waals surface area contributed by atoms with Gasteiger partial charge in [0.15, 0.2) is 0 Å². The summed E-state index contributed by atoms with van der Waals surface area (Å²) in [6, 6.07) is 1.54. The molecule has 0 aromatic carbocycles. The zero-order chi connectivity index (χ0) is 14.0. The average molecular weight is 305 g/mol. The summed E-state index contributed by atoms with van der Waals surface area (Å²) in [6.07, 6.45) is 2.67. The molecule has 1 aliphatic rings. The molecule has 1 fully saturated rings. The molecule has 0 amide bonds. The molecule has 0 aliphatic carbocycles. The van der Waals surface area contributed by atoms with E-state index in [0.717, 1.165) is 0 Å². The van der Waals surface area contributed by atoms with E-state index in [2.05, 4.69) is 4.98 Å². The molecule has 2 heterocycles. The highest BCUT2D eigenvalue weighted by molar-refractivity contribution is 7.89. The van der Waals surface area contributed by atoms with Crippen LogP contribution in [0.4, 0.5) is 0 Å². The van der Waals surface area contributed by atoms with Crippen LogP contribution in [-0.2, 0) is 10.0 Å². The van der Waals surface area contributed by atoms with Crippen LogP contribution in [0.1, 0.15) is 18.4 Å². The standard InChI is InChI=1S/C12H17ClN2O3S/c1-9-6-11(7-14-12(9)13)19(17,18)15-4-2-10(8-16)3-5-15/h6-7,10,16H,2-5,8H2,1H3. The highest BCUT2D eigenvalue weighted by atomic mass is 35.5. The molecule has 19 heavy (non-hydrogen) atoms. The number of halogens is 1. The normalized spacial score (nSPS) is 18.7. The summed E-state index contributed by atoms with van der Waals surface area (Å²) in [5.74, 6) is 0.205. The largest absolute Gasteiger partial charge is 0.396 e.